The van der Waals surface area contributed by atoms with Gasteiger partial charge in [0.1, 0.15) is 5.01 Å². The fraction of sp³-hybridized carbons (Fsp3) is 0.429. The van der Waals surface area contributed by atoms with E-state index in [1.54, 1.807) is 28.2 Å². The monoisotopic (exact) mass is 463 g/mol. The molecule has 1 saturated heterocycles. The number of aromatic nitrogens is 1. The first-order valence-corrected chi connectivity index (χ1v) is 11.2. The van der Waals surface area contributed by atoms with Crippen LogP contribution in [0.25, 0.3) is 0 Å². The second-order valence-electron chi connectivity index (χ2n) is 7.59. The van der Waals surface area contributed by atoms with Crippen molar-refractivity contribution in [1.29, 1.82) is 0 Å². The average Bonchev–Trinajstić information content (AvgIpc) is 3.46. The van der Waals surface area contributed by atoms with Crippen molar-refractivity contribution in [2.75, 3.05) is 38.3 Å². The quantitative estimate of drug-likeness (QED) is 0.646. The molecule has 0 saturated carbocycles. The first kappa shape index (κ1) is 21.6. The summed E-state index contributed by atoms with van der Waals surface area (Å²) in [5.41, 5.74) is 1.59. The van der Waals surface area contributed by atoms with Gasteiger partial charge in [0.15, 0.2) is 5.69 Å². The molecule has 1 spiro atoms. The molecule has 31 heavy (non-hydrogen) atoms. The van der Waals surface area contributed by atoms with Gasteiger partial charge in [0.2, 0.25) is 5.91 Å². The largest absolute Gasteiger partial charge is 0.461 e. The molecule has 2 amide bonds. The highest BCUT2D eigenvalue weighted by molar-refractivity contribution is 7.09. The highest BCUT2D eigenvalue weighted by atomic mass is 35.5. The number of hydrogen-bond donors (Lipinski definition) is 0. The third-order valence-electron chi connectivity index (χ3n) is 5.71. The molecule has 4 rings (SSSR count). The number of esters is 1. The molecule has 1 aromatic carbocycles. The van der Waals surface area contributed by atoms with E-state index in [9.17, 15) is 14.4 Å². The normalized spacial score (nSPS) is 19.6. The lowest BCUT2D eigenvalue weighted by Gasteiger charge is -2.25. The first-order valence-electron chi connectivity index (χ1n) is 9.91. The van der Waals surface area contributed by atoms with E-state index in [1.165, 1.54) is 18.4 Å². The molecule has 1 unspecified atom stereocenters. The Kier molecular flexibility index (Phi) is 5.90. The fourth-order valence-corrected chi connectivity index (χ4v) is 5.21. The maximum atomic E-state index is 13.2. The number of carbonyl (C=O) groups is 3. The molecule has 164 valence electrons. The zero-order chi connectivity index (χ0) is 22.2. The predicted molar refractivity (Wildman–Crippen MR) is 116 cm³/mol. The third-order valence-corrected chi connectivity index (χ3v) is 6.79. The molecule has 2 aromatic rings. The van der Waals surface area contributed by atoms with Crippen molar-refractivity contribution in [3.63, 3.8) is 0 Å². The number of benzene rings is 1. The number of likely N-dealkylation sites (tertiary alicyclic amines) is 1. The minimum atomic E-state index is -0.494. The summed E-state index contributed by atoms with van der Waals surface area (Å²) in [5, 5.41) is 2.74. The molecule has 0 bridgehead atoms. The van der Waals surface area contributed by atoms with Crippen molar-refractivity contribution in [3.05, 3.63) is 44.9 Å². The second kappa shape index (κ2) is 8.47. The summed E-state index contributed by atoms with van der Waals surface area (Å²) < 4.78 is 9.84. The summed E-state index contributed by atoms with van der Waals surface area (Å²) in [6.07, 6.45) is 0.409. The van der Waals surface area contributed by atoms with Gasteiger partial charge in [0, 0.05) is 41.1 Å². The van der Waals surface area contributed by atoms with Crippen LogP contribution >= 0.6 is 22.9 Å². The van der Waals surface area contributed by atoms with Gasteiger partial charge in [-0.3, -0.25) is 4.79 Å². The van der Waals surface area contributed by atoms with E-state index in [1.807, 2.05) is 12.1 Å². The van der Waals surface area contributed by atoms with Crippen LogP contribution < -0.4 is 4.90 Å². The van der Waals surface area contributed by atoms with Crippen molar-refractivity contribution in [1.82, 2.24) is 9.88 Å². The summed E-state index contributed by atoms with van der Waals surface area (Å²) in [6.45, 7) is 3.45. The molecule has 3 heterocycles. The van der Waals surface area contributed by atoms with E-state index in [2.05, 4.69) is 4.98 Å². The number of halogens is 1. The highest BCUT2D eigenvalue weighted by Crippen LogP contribution is 2.47. The van der Waals surface area contributed by atoms with Gasteiger partial charge in [-0.25, -0.2) is 14.6 Å². The Morgan fingerprint density at radius 1 is 1.29 bits per heavy atom. The van der Waals surface area contributed by atoms with Crippen LogP contribution in [0, 0.1) is 0 Å². The molecule has 2 aliphatic heterocycles. The topological polar surface area (TPSA) is 89.0 Å². The summed E-state index contributed by atoms with van der Waals surface area (Å²) >= 11 is 7.52. The molecular formula is C21H22ClN3O5S. The Morgan fingerprint density at radius 3 is 2.84 bits per heavy atom. The van der Waals surface area contributed by atoms with Gasteiger partial charge >= 0.3 is 12.1 Å². The lowest BCUT2D eigenvalue weighted by molar-refractivity contribution is -0.118. The van der Waals surface area contributed by atoms with Crippen LogP contribution in [-0.4, -0.2) is 61.2 Å². The molecule has 0 N–H and O–H groups in total. The smallest absolute Gasteiger partial charge is 0.409 e. The second-order valence-corrected chi connectivity index (χ2v) is 8.97. The minimum Gasteiger partial charge on any atom is -0.461 e. The molecule has 1 aromatic heterocycles. The maximum absolute atomic E-state index is 13.2. The number of nitrogens with zero attached hydrogens (tertiary/aromatic N) is 3. The van der Waals surface area contributed by atoms with Crippen LogP contribution in [0.2, 0.25) is 5.02 Å². The van der Waals surface area contributed by atoms with Crippen molar-refractivity contribution in [3.8, 4) is 0 Å². The average molecular weight is 464 g/mol. The number of methoxy groups -OCH3 is 1. The Labute approximate surface area is 188 Å². The maximum Gasteiger partial charge on any atom is 0.409 e. The van der Waals surface area contributed by atoms with Crippen molar-refractivity contribution < 1.29 is 23.9 Å². The van der Waals surface area contributed by atoms with Gasteiger partial charge in [-0.15, -0.1) is 11.3 Å². The van der Waals surface area contributed by atoms with E-state index in [0.717, 1.165) is 11.3 Å². The van der Waals surface area contributed by atoms with Crippen LogP contribution in [0.3, 0.4) is 0 Å². The molecular weight excluding hydrogens is 442 g/mol. The molecule has 2 aliphatic rings. The molecule has 10 heteroatoms. The van der Waals surface area contributed by atoms with Crippen LogP contribution in [0.15, 0.2) is 23.6 Å². The number of carbonyl (C=O) groups excluding carboxylic acids is 3. The Balaban J connectivity index is 1.57. The van der Waals surface area contributed by atoms with Gasteiger partial charge in [-0.1, -0.05) is 11.6 Å². The van der Waals surface area contributed by atoms with E-state index >= 15 is 0 Å². The number of hydrogen-bond acceptors (Lipinski definition) is 7. The number of ether oxygens (including phenoxy) is 2. The Morgan fingerprint density at radius 2 is 2.10 bits per heavy atom. The molecule has 8 nitrogen and oxygen atoms in total. The third kappa shape index (κ3) is 3.99. The Bertz CT molecular complexity index is 1040. The van der Waals surface area contributed by atoms with Gasteiger partial charge in [0.25, 0.3) is 0 Å². The standard InChI is InChI=1S/C21H22ClN3O5S/c1-3-30-19(27)15-10-31-17(23-15)9-18(26)25-12-21(6-7-24(11-21)20(28)29-2)14-8-13(22)4-5-16(14)25/h4-5,8,10H,3,6-7,9,11-12H2,1-2H3. The van der Waals surface area contributed by atoms with Crippen LogP contribution in [0.5, 0.6) is 0 Å². The van der Waals surface area contributed by atoms with Gasteiger partial charge in [0.05, 0.1) is 20.1 Å². The number of thiazole rings is 1. The number of anilines is 1. The summed E-state index contributed by atoms with van der Waals surface area (Å²) in [7, 11) is 1.36. The molecule has 0 aliphatic carbocycles. The first-order chi connectivity index (χ1) is 14.9. The molecule has 1 fully saturated rings. The Hall–Kier alpha value is -2.65. The van der Waals surface area contributed by atoms with Crippen molar-refractivity contribution in [2.24, 2.45) is 0 Å². The minimum absolute atomic E-state index is 0.0724. The van der Waals surface area contributed by atoms with Gasteiger partial charge < -0.3 is 19.3 Å². The number of fused-ring (bicyclic) bond motifs is 2. The molecule has 1 atom stereocenters. The summed E-state index contributed by atoms with van der Waals surface area (Å²) in [4.78, 5) is 44.8. The summed E-state index contributed by atoms with van der Waals surface area (Å²) in [5.74, 6) is -0.617. The van der Waals surface area contributed by atoms with Gasteiger partial charge in [-0.2, -0.15) is 0 Å². The van der Waals surface area contributed by atoms with E-state index in [0.29, 0.717) is 36.1 Å². The lowest BCUT2D eigenvalue weighted by atomic mass is 9.81. The van der Waals surface area contributed by atoms with Crippen molar-refractivity contribution in [2.45, 2.75) is 25.2 Å². The van der Waals surface area contributed by atoms with E-state index in [-0.39, 0.29) is 36.1 Å². The van der Waals surface area contributed by atoms with Crippen molar-refractivity contribution >= 4 is 46.6 Å². The SMILES string of the molecule is CCOC(=O)c1csc(CC(=O)N2CC3(CCN(C(=O)OC)C3)c3cc(Cl)ccc32)n1. The molecule has 0 radical (unpaired) electrons. The van der Waals surface area contributed by atoms with E-state index < -0.39 is 5.97 Å². The van der Waals surface area contributed by atoms with Crippen LogP contribution in [0.4, 0.5) is 10.5 Å². The van der Waals surface area contributed by atoms with Crippen LogP contribution in [-0.2, 0) is 26.1 Å². The van der Waals surface area contributed by atoms with Gasteiger partial charge in [-0.05, 0) is 37.1 Å². The number of amides is 2. The zero-order valence-electron chi connectivity index (χ0n) is 17.2. The number of rotatable bonds is 4. The fourth-order valence-electron chi connectivity index (χ4n) is 4.29. The zero-order valence-corrected chi connectivity index (χ0v) is 18.8. The summed E-state index contributed by atoms with van der Waals surface area (Å²) in [6, 6.07) is 5.49. The van der Waals surface area contributed by atoms with Crippen LogP contribution in [0.1, 0.15) is 34.4 Å². The predicted octanol–water partition coefficient (Wildman–Crippen LogP) is 3.27. The van der Waals surface area contributed by atoms with E-state index in [4.69, 9.17) is 21.1 Å². The lowest BCUT2D eigenvalue weighted by Crippen LogP contribution is -2.40. The highest BCUT2D eigenvalue weighted by Gasteiger charge is 2.50.